The van der Waals surface area contributed by atoms with E-state index in [4.69, 9.17) is 9.72 Å². The number of thiazole rings is 1. The predicted octanol–water partition coefficient (Wildman–Crippen LogP) is 3.81. The normalized spacial score (nSPS) is 14.7. The van der Waals surface area contributed by atoms with Gasteiger partial charge in [0.2, 0.25) is 5.91 Å². The Morgan fingerprint density at radius 2 is 1.83 bits per heavy atom. The lowest BCUT2D eigenvalue weighted by Crippen LogP contribution is -2.44. The smallest absolute Gasteiger partial charge is 0.243 e. The molecule has 1 aliphatic rings. The van der Waals surface area contributed by atoms with Crippen molar-refractivity contribution in [3.63, 3.8) is 0 Å². The lowest BCUT2D eigenvalue weighted by atomic mass is 10.2. The fraction of sp³-hybridized carbons (Fsp3) is 0.273. The van der Waals surface area contributed by atoms with E-state index in [0.717, 1.165) is 29.9 Å². The summed E-state index contributed by atoms with van der Waals surface area (Å²) in [5.41, 5.74) is 2.71. The number of amides is 1. The summed E-state index contributed by atoms with van der Waals surface area (Å²) in [4.78, 5) is 21.7. The van der Waals surface area contributed by atoms with E-state index in [-0.39, 0.29) is 11.7 Å². The molecule has 1 fully saturated rings. The third-order valence-corrected chi connectivity index (χ3v) is 5.67. The average Bonchev–Trinajstić information content (AvgIpc) is 3.24. The van der Waals surface area contributed by atoms with E-state index in [1.807, 2.05) is 35.7 Å². The molecular weight excluding hydrogens is 389 g/mol. The molecule has 5 nitrogen and oxygen atoms in total. The largest absolute Gasteiger partial charge is 0.379 e. The van der Waals surface area contributed by atoms with Crippen LogP contribution in [0, 0.1) is 5.82 Å². The van der Waals surface area contributed by atoms with Gasteiger partial charge in [-0.1, -0.05) is 42.5 Å². The van der Waals surface area contributed by atoms with Crippen molar-refractivity contribution in [1.82, 2.24) is 9.88 Å². The zero-order valence-corrected chi connectivity index (χ0v) is 16.8. The van der Waals surface area contributed by atoms with Gasteiger partial charge in [0.05, 0.1) is 32.0 Å². The molecular formula is C22H22FN3O2S. The molecule has 1 amide bonds. The molecule has 0 unspecified atom stereocenters. The average molecular weight is 412 g/mol. The van der Waals surface area contributed by atoms with Gasteiger partial charge in [0.25, 0.3) is 0 Å². The molecule has 0 saturated carbocycles. The van der Waals surface area contributed by atoms with Crippen LogP contribution in [-0.4, -0.2) is 48.6 Å². The highest BCUT2D eigenvalue weighted by Gasteiger charge is 2.23. The second-order valence-corrected chi connectivity index (χ2v) is 7.71. The number of nitrogens with zero attached hydrogens (tertiary/aromatic N) is 3. The minimum atomic E-state index is -0.291. The molecule has 2 aromatic carbocycles. The van der Waals surface area contributed by atoms with Crippen LogP contribution in [-0.2, 0) is 16.1 Å². The Kier molecular flexibility index (Phi) is 6.29. The molecule has 150 valence electrons. The van der Waals surface area contributed by atoms with Crippen LogP contribution in [0.15, 0.2) is 60.0 Å². The highest BCUT2D eigenvalue weighted by atomic mass is 32.1. The van der Waals surface area contributed by atoms with Gasteiger partial charge in [-0.15, -0.1) is 11.3 Å². The Labute approximate surface area is 173 Å². The molecule has 7 heteroatoms. The van der Waals surface area contributed by atoms with Crippen LogP contribution in [0.5, 0.6) is 0 Å². The second-order valence-electron chi connectivity index (χ2n) is 6.88. The topological polar surface area (TPSA) is 45.7 Å². The molecule has 1 aromatic heterocycles. The summed E-state index contributed by atoms with van der Waals surface area (Å²) in [7, 11) is 0. The molecule has 4 rings (SSSR count). The first-order chi connectivity index (χ1) is 14.2. The SMILES string of the molecule is O=C(CN1CCOCC1)N(Cc1ccc(F)cc1)c1nc(-c2ccccc2)cs1. The quantitative estimate of drug-likeness (QED) is 0.619. The third kappa shape index (κ3) is 5.06. The van der Waals surface area contributed by atoms with Crippen molar-refractivity contribution in [3.8, 4) is 11.3 Å². The lowest BCUT2D eigenvalue weighted by Gasteiger charge is -2.28. The number of rotatable bonds is 6. The number of aromatic nitrogens is 1. The number of hydrogen-bond donors (Lipinski definition) is 0. The molecule has 0 N–H and O–H groups in total. The Balaban J connectivity index is 1.57. The van der Waals surface area contributed by atoms with E-state index in [2.05, 4.69) is 4.90 Å². The van der Waals surface area contributed by atoms with E-state index in [1.54, 1.807) is 17.0 Å². The monoisotopic (exact) mass is 411 g/mol. The van der Waals surface area contributed by atoms with Crippen LogP contribution >= 0.6 is 11.3 Å². The maximum atomic E-state index is 13.3. The molecule has 1 saturated heterocycles. The molecule has 29 heavy (non-hydrogen) atoms. The maximum Gasteiger partial charge on any atom is 0.243 e. The predicted molar refractivity (Wildman–Crippen MR) is 112 cm³/mol. The van der Waals surface area contributed by atoms with E-state index < -0.39 is 0 Å². The third-order valence-electron chi connectivity index (χ3n) is 4.81. The van der Waals surface area contributed by atoms with Gasteiger partial charge in [-0.2, -0.15) is 0 Å². The minimum Gasteiger partial charge on any atom is -0.379 e. The van der Waals surface area contributed by atoms with Crippen LogP contribution in [0.1, 0.15) is 5.56 Å². The summed E-state index contributed by atoms with van der Waals surface area (Å²) < 4.78 is 18.7. The molecule has 1 aliphatic heterocycles. The first-order valence-electron chi connectivity index (χ1n) is 9.55. The number of ether oxygens (including phenoxy) is 1. The van der Waals surface area contributed by atoms with Crippen LogP contribution < -0.4 is 4.90 Å². The van der Waals surface area contributed by atoms with Gasteiger partial charge in [0.1, 0.15) is 5.82 Å². The fourth-order valence-corrected chi connectivity index (χ4v) is 4.05. The summed E-state index contributed by atoms with van der Waals surface area (Å²) in [6.07, 6.45) is 0. The lowest BCUT2D eigenvalue weighted by molar-refractivity contribution is -0.120. The zero-order valence-electron chi connectivity index (χ0n) is 16.0. The zero-order chi connectivity index (χ0) is 20.1. The standard InChI is InChI=1S/C22H22FN3O2S/c23-19-8-6-17(7-9-19)14-26(21(27)15-25-10-12-28-13-11-25)22-24-20(16-29-22)18-4-2-1-3-5-18/h1-9,16H,10-15H2. The van der Waals surface area contributed by atoms with E-state index >= 15 is 0 Å². The van der Waals surface area contributed by atoms with Gasteiger partial charge in [0, 0.05) is 24.0 Å². The fourth-order valence-electron chi connectivity index (χ4n) is 3.20. The summed E-state index contributed by atoms with van der Waals surface area (Å²) in [6, 6.07) is 16.1. The summed E-state index contributed by atoms with van der Waals surface area (Å²) in [6.45, 7) is 3.42. The molecule has 0 aliphatic carbocycles. The number of carbonyl (C=O) groups is 1. The molecule has 2 heterocycles. The van der Waals surface area contributed by atoms with Gasteiger partial charge in [-0.25, -0.2) is 9.37 Å². The van der Waals surface area contributed by atoms with Gasteiger partial charge in [-0.3, -0.25) is 14.6 Å². The number of carbonyl (C=O) groups excluding carboxylic acids is 1. The van der Waals surface area contributed by atoms with Crippen LogP contribution in [0.2, 0.25) is 0 Å². The number of morpholine rings is 1. The van der Waals surface area contributed by atoms with Crippen molar-refractivity contribution in [1.29, 1.82) is 0 Å². The second kappa shape index (κ2) is 9.26. The van der Waals surface area contributed by atoms with Crippen LogP contribution in [0.4, 0.5) is 9.52 Å². The Bertz CT molecular complexity index is 940. The number of benzene rings is 2. The Morgan fingerprint density at radius 1 is 1.10 bits per heavy atom. The van der Waals surface area contributed by atoms with Gasteiger partial charge in [0.15, 0.2) is 5.13 Å². The molecule has 3 aromatic rings. The van der Waals surface area contributed by atoms with Crippen molar-refractivity contribution in [2.24, 2.45) is 0 Å². The van der Waals surface area contributed by atoms with Crippen molar-refractivity contribution in [3.05, 3.63) is 71.4 Å². The minimum absolute atomic E-state index is 0.0230. The number of anilines is 1. The van der Waals surface area contributed by atoms with Gasteiger partial charge >= 0.3 is 0 Å². The summed E-state index contributed by atoms with van der Waals surface area (Å²) in [5.74, 6) is -0.314. The molecule has 0 bridgehead atoms. The van der Waals surface area contributed by atoms with E-state index in [9.17, 15) is 9.18 Å². The molecule has 0 radical (unpaired) electrons. The highest BCUT2D eigenvalue weighted by molar-refractivity contribution is 7.14. The summed E-state index contributed by atoms with van der Waals surface area (Å²) in [5, 5.41) is 2.61. The first-order valence-corrected chi connectivity index (χ1v) is 10.4. The maximum absolute atomic E-state index is 13.3. The number of hydrogen-bond acceptors (Lipinski definition) is 5. The highest BCUT2D eigenvalue weighted by Crippen LogP contribution is 2.28. The summed E-state index contributed by atoms with van der Waals surface area (Å²) >= 11 is 1.44. The van der Waals surface area contributed by atoms with Crippen molar-refractivity contribution < 1.29 is 13.9 Å². The van der Waals surface area contributed by atoms with E-state index in [0.29, 0.717) is 31.4 Å². The molecule has 0 spiro atoms. The van der Waals surface area contributed by atoms with Gasteiger partial charge in [-0.05, 0) is 17.7 Å². The Hall–Kier alpha value is -2.61. The Morgan fingerprint density at radius 3 is 2.55 bits per heavy atom. The van der Waals surface area contributed by atoms with E-state index in [1.165, 1.54) is 23.5 Å². The van der Waals surface area contributed by atoms with Crippen molar-refractivity contribution in [2.45, 2.75) is 6.54 Å². The number of halogens is 1. The van der Waals surface area contributed by atoms with Crippen LogP contribution in [0.3, 0.4) is 0 Å². The van der Waals surface area contributed by atoms with Crippen molar-refractivity contribution >= 4 is 22.4 Å². The first kappa shape index (κ1) is 19.7. The van der Waals surface area contributed by atoms with Crippen molar-refractivity contribution in [2.75, 3.05) is 37.7 Å². The van der Waals surface area contributed by atoms with Gasteiger partial charge < -0.3 is 4.74 Å². The molecule has 0 atom stereocenters. The van der Waals surface area contributed by atoms with Crippen LogP contribution in [0.25, 0.3) is 11.3 Å².